The lowest BCUT2D eigenvalue weighted by Crippen LogP contribution is -2.42. The lowest BCUT2D eigenvalue weighted by molar-refractivity contribution is -0.133. The highest BCUT2D eigenvalue weighted by Gasteiger charge is 2.21. The molecule has 0 spiro atoms. The Hall–Kier alpha value is -0.570. The molecule has 0 unspecified atom stereocenters. The van der Waals surface area contributed by atoms with Crippen molar-refractivity contribution in [3.63, 3.8) is 0 Å². The molecule has 0 saturated carbocycles. The van der Waals surface area contributed by atoms with Gasteiger partial charge in [-0.05, 0) is 32.9 Å². The molecule has 14 heavy (non-hydrogen) atoms. The van der Waals surface area contributed by atoms with Crippen molar-refractivity contribution >= 4 is 5.91 Å². The van der Waals surface area contributed by atoms with Gasteiger partial charge in [0, 0.05) is 13.1 Å². The Labute approximate surface area is 87.1 Å². The van der Waals surface area contributed by atoms with Gasteiger partial charge in [0.25, 0.3) is 0 Å². The minimum absolute atomic E-state index is 0.282. The van der Waals surface area contributed by atoms with Crippen LogP contribution in [0.1, 0.15) is 26.2 Å². The molecule has 1 aliphatic rings. The third-order valence-corrected chi connectivity index (χ3v) is 3.00. The van der Waals surface area contributed by atoms with Crippen molar-refractivity contribution in [1.82, 2.24) is 9.80 Å². The van der Waals surface area contributed by atoms with Crippen molar-refractivity contribution in [3.8, 4) is 0 Å². The molecule has 0 aliphatic carbocycles. The minimum Gasteiger partial charge on any atom is -0.342 e. The highest BCUT2D eigenvalue weighted by Crippen LogP contribution is 2.19. The van der Waals surface area contributed by atoms with Gasteiger partial charge in [0.2, 0.25) is 5.91 Å². The Balaban J connectivity index is 2.30. The summed E-state index contributed by atoms with van der Waals surface area (Å²) in [5, 5.41) is 0. The summed E-state index contributed by atoms with van der Waals surface area (Å²) in [6.07, 6.45) is 3.64. The average molecular weight is 198 g/mol. The van der Waals surface area contributed by atoms with E-state index in [1.165, 1.54) is 19.3 Å². The molecule has 1 aliphatic heterocycles. The maximum Gasteiger partial charge on any atom is 0.236 e. The number of amides is 1. The van der Waals surface area contributed by atoms with Crippen molar-refractivity contribution in [1.29, 1.82) is 0 Å². The maximum atomic E-state index is 11.7. The first kappa shape index (κ1) is 11.5. The van der Waals surface area contributed by atoms with Crippen LogP contribution in [0.4, 0.5) is 0 Å². The van der Waals surface area contributed by atoms with E-state index in [9.17, 15) is 4.79 Å². The molecule has 3 nitrogen and oxygen atoms in total. The molecular weight excluding hydrogens is 176 g/mol. The van der Waals surface area contributed by atoms with Crippen LogP contribution in [0, 0.1) is 5.92 Å². The number of piperidine rings is 1. The van der Waals surface area contributed by atoms with E-state index in [0.29, 0.717) is 6.54 Å². The molecule has 1 heterocycles. The summed E-state index contributed by atoms with van der Waals surface area (Å²) in [6.45, 7) is 4.72. The fourth-order valence-electron chi connectivity index (χ4n) is 1.96. The monoisotopic (exact) mass is 198 g/mol. The molecule has 0 aromatic carbocycles. The summed E-state index contributed by atoms with van der Waals surface area (Å²) in [5.41, 5.74) is 0. The van der Waals surface area contributed by atoms with E-state index in [2.05, 4.69) is 6.92 Å². The largest absolute Gasteiger partial charge is 0.342 e. The molecule has 0 N–H and O–H groups in total. The van der Waals surface area contributed by atoms with Crippen LogP contribution < -0.4 is 0 Å². The summed E-state index contributed by atoms with van der Waals surface area (Å²) < 4.78 is 0. The van der Waals surface area contributed by atoms with E-state index in [-0.39, 0.29) is 5.91 Å². The molecule has 1 rings (SSSR count). The van der Waals surface area contributed by atoms with Gasteiger partial charge in [0.15, 0.2) is 0 Å². The molecular formula is C11H22N2O. The Kier molecular flexibility index (Phi) is 4.39. The average Bonchev–Trinajstić information content (AvgIpc) is 2.17. The molecule has 1 amide bonds. The fraction of sp³-hybridized carbons (Fsp3) is 0.909. The molecule has 0 radical (unpaired) electrons. The van der Waals surface area contributed by atoms with Gasteiger partial charge >= 0.3 is 0 Å². The van der Waals surface area contributed by atoms with Crippen LogP contribution in [0.15, 0.2) is 0 Å². The highest BCUT2D eigenvalue weighted by molar-refractivity contribution is 5.78. The first-order valence-electron chi connectivity index (χ1n) is 5.56. The number of likely N-dealkylation sites (N-methyl/N-ethyl adjacent to an activating group) is 1. The zero-order valence-electron chi connectivity index (χ0n) is 9.62. The van der Waals surface area contributed by atoms with Gasteiger partial charge in [-0.1, -0.05) is 13.3 Å². The lowest BCUT2D eigenvalue weighted by atomic mass is 9.94. The van der Waals surface area contributed by atoms with Crippen molar-refractivity contribution in [3.05, 3.63) is 0 Å². The van der Waals surface area contributed by atoms with Crippen molar-refractivity contribution in [2.45, 2.75) is 26.2 Å². The Morgan fingerprint density at radius 2 is 1.93 bits per heavy atom. The number of rotatable bonds is 3. The predicted molar refractivity (Wildman–Crippen MR) is 58.1 cm³/mol. The second-order valence-electron chi connectivity index (χ2n) is 4.47. The Morgan fingerprint density at radius 1 is 1.36 bits per heavy atom. The van der Waals surface area contributed by atoms with Crippen LogP contribution in [0.3, 0.4) is 0 Å². The number of likely N-dealkylation sites (tertiary alicyclic amines) is 1. The van der Waals surface area contributed by atoms with Gasteiger partial charge in [-0.15, -0.1) is 0 Å². The quantitative estimate of drug-likeness (QED) is 0.680. The van der Waals surface area contributed by atoms with Crippen LogP contribution in [-0.4, -0.2) is 49.4 Å². The number of carbonyl (C=O) groups is 1. The van der Waals surface area contributed by atoms with Crippen LogP contribution in [0.25, 0.3) is 0 Å². The SMILES string of the molecule is CCC1CCN(C(=O)CN(C)C)CC1. The third kappa shape index (κ3) is 3.29. The Morgan fingerprint density at radius 3 is 2.36 bits per heavy atom. The summed E-state index contributed by atoms with van der Waals surface area (Å²) in [4.78, 5) is 15.6. The van der Waals surface area contributed by atoms with Crippen molar-refractivity contribution in [2.75, 3.05) is 33.7 Å². The third-order valence-electron chi connectivity index (χ3n) is 3.00. The molecule has 0 aromatic heterocycles. The second kappa shape index (κ2) is 5.35. The minimum atomic E-state index is 0.282. The highest BCUT2D eigenvalue weighted by atomic mass is 16.2. The van der Waals surface area contributed by atoms with Crippen LogP contribution in [-0.2, 0) is 4.79 Å². The van der Waals surface area contributed by atoms with Gasteiger partial charge in [-0.25, -0.2) is 0 Å². The maximum absolute atomic E-state index is 11.7. The van der Waals surface area contributed by atoms with Gasteiger partial charge in [0.1, 0.15) is 0 Å². The van der Waals surface area contributed by atoms with Crippen molar-refractivity contribution in [2.24, 2.45) is 5.92 Å². The number of hydrogen-bond donors (Lipinski definition) is 0. The summed E-state index contributed by atoms with van der Waals surface area (Å²) in [6, 6.07) is 0. The zero-order valence-corrected chi connectivity index (χ0v) is 9.62. The van der Waals surface area contributed by atoms with Crippen molar-refractivity contribution < 1.29 is 4.79 Å². The molecule has 1 saturated heterocycles. The van der Waals surface area contributed by atoms with E-state index in [1.807, 2.05) is 23.9 Å². The fourth-order valence-corrected chi connectivity index (χ4v) is 1.96. The van der Waals surface area contributed by atoms with E-state index in [1.54, 1.807) is 0 Å². The van der Waals surface area contributed by atoms with E-state index in [0.717, 1.165) is 19.0 Å². The van der Waals surface area contributed by atoms with E-state index >= 15 is 0 Å². The number of hydrogen-bond acceptors (Lipinski definition) is 2. The molecule has 0 atom stereocenters. The summed E-state index contributed by atoms with van der Waals surface area (Å²) in [5.74, 6) is 1.13. The number of nitrogens with zero attached hydrogens (tertiary/aromatic N) is 2. The number of carbonyl (C=O) groups excluding carboxylic acids is 1. The van der Waals surface area contributed by atoms with Gasteiger partial charge < -0.3 is 9.80 Å². The van der Waals surface area contributed by atoms with Gasteiger partial charge in [0.05, 0.1) is 6.54 Å². The standard InChI is InChI=1S/C11H22N2O/c1-4-10-5-7-13(8-6-10)11(14)9-12(2)3/h10H,4-9H2,1-3H3. The molecule has 3 heteroatoms. The lowest BCUT2D eigenvalue weighted by Gasteiger charge is -2.32. The molecule has 82 valence electrons. The topological polar surface area (TPSA) is 23.6 Å². The molecule has 1 fully saturated rings. The predicted octanol–water partition coefficient (Wildman–Crippen LogP) is 1.20. The molecule has 0 bridgehead atoms. The molecule has 0 aromatic rings. The van der Waals surface area contributed by atoms with Crippen LogP contribution >= 0.6 is 0 Å². The first-order valence-corrected chi connectivity index (χ1v) is 5.56. The zero-order chi connectivity index (χ0) is 10.6. The van der Waals surface area contributed by atoms with E-state index < -0.39 is 0 Å². The van der Waals surface area contributed by atoms with E-state index in [4.69, 9.17) is 0 Å². The van der Waals surface area contributed by atoms with Crippen LogP contribution in [0.5, 0.6) is 0 Å². The Bertz CT molecular complexity index is 184. The summed E-state index contributed by atoms with van der Waals surface area (Å²) in [7, 11) is 3.88. The van der Waals surface area contributed by atoms with Gasteiger partial charge in [-0.2, -0.15) is 0 Å². The van der Waals surface area contributed by atoms with Gasteiger partial charge in [-0.3, -0.25) is 4.79 Å². The second-order valence-corrected chi connectivity index (χ2v) is 4.47. The first-order chi connectivity index (χ1) is 6.63. The summed E-state index contributed by atoms with van der Waals surface area (Å²) >= 11 is 0. The normalized spacial score (nSPS) is 19.0. The smallest absolute Gasteiger partial charge is 0.236 e. The van der Waals surface area contributed by atoms with Crippen LogP contribution in [0.2, 0.25) is 0 Å².